The van der Waals surface area contributed by atoms with E-state index in [0.29, 0.717) is 17.8 Å². The lowest BCUT2D eigenvalue weighted by atomic mass is 10.2. The second-order valence-corrected chi connectivity index (χ2v) is 3.53. The molecule has 6 heteroatoms. The summed E-state index contributed by atoms with van der Waals surface area (Å²) in [4.78, 5) is 28.2. The van der Waals surface area contributed by atoms with Crippen LogP contribution in [0.1, 0.15) is 23.0 Å². The Morgan fingerprint density at radius 3 is 2.71 bits per heavy atom. The molecule has 0 aliphatic heterocycles. The summed E-state index contributed by atoms with van der Waals surface area (Å²) >= 11 is 0. The van der Waals surface area contributed by atoms with Gasteiger partial charge in [0.2, 0.25) is 5.91 Å². The number of amides is 2. The van der Waals surface area contributed by atoms with Gasteiger partial charge in [-0.25, -0.2) is 0 Å². The molecule has 6 nitrogen and oxygen atoms in total. The van der Waals surface area contributed by atoms with Gasteiger partial charge in [-0.1, -0.05) is 0 Å². The van der Waals surface area contributed by atoms with E-state index in [-0.39, 0.29) is 19.0 Å². The summed E-state index contributed by atoms with van der Waals surface area (Å²) in [5.41, 5.74) is 11.6. The van der Waals surface area contributed by atoms with E-state index >= 15 is 0 Å². The number of carbonyl (C=O) groups excluding carboxylic acids is 2. The summed E-state index contributed by atoms with van der Waals surface area (Å²) < 4.78 is 0. The standard InChI is InChI=1S/C11H16N4O2/c1-2-15(7-10(13)16)11(17)8-3-4-14-9(5-8)6-12/h3-5H,2,6-7,12H2,1H3,(H2,13,16). The van der Waals surface area contributed by atoms with E-state index in [0.717, 1.165) is 0 Å². The molecule has 0 saturated heterocycles. The number of nitrogens with two attached hydrogens (primary N) is 2. The van der Waals surface area contributed by atoms with Crippen molar-refractivity contribution < 1.29 is 9.59 Å². The first-order valence-electron chi connectivity index (χ1n) is 5.31. The Balaban J connectivity index is 2.89. The van der Waals surface area contributed by atoms with Gasteiger partial charge in [-0.2, -0.15) is 0 Å². The highest BCUT2D eigenvalue weighted by Crippen LogP contribution is 2.06. The zero-order chi connectivity index (χ0) is 12.8. The second-order valence-electron chi connectivity index (χ2n) is 3.53. The van der Waals surface area contributed by atoms with Gasteiger partial charge in [0.25, 0.3) is 5.91 Å². The summed E-state index contributed by atoms with van der Waals surface area (Å²) in [6, 6.07) is 3.21. The van der Waals surface area contributed by atoms with Crippen LogP contribution in [0.15, 0.2) is 18.3 Å². The van der Waals surface area contributed by atoms with E-state index in [1.165, 1.54) is 11.1 Å². The predicted octanol–water partition coefficient (Wildman–Crippen LogP) is -0.512. The monoisotopic (exact) mass is 236 g/mol. The molecule has 1 rings (SSSR count). The highest BCUT2D eigenvalue weighted by Gasteiger charge is 2.16. The number of aromatic nitrogens is 1. The fraction of sp³-hybridized carbons (Fsp3) is 0.364. The fourth-order valence-corrected chi connectivity index (χ4v) is 1.42. The molecule has 92 valence electrons. The first kappa shape index (κ1) is 13.1. The zero-order valence-electron chi connectivity index (χ0n) is 9.72. The lowest BCUT2D eigenvalue weighted by molar-refractivity contribution is -0.118. The summed E-state index contributed by atoms with van der Waals surface area (Å²) in [5, 5.41) is 0. The van der Waals surface area contributed by atoms with Crippen molar-refractivity contribution in [2.24, 2.45) is 11.5 Å². The maximum atomic E-state index is 12.0. The third-order valence-corrected chi connectivity index (χ3v) is 2.29. The van der Waals surface area contributed by atoms with Crippen LogP contribution < -0.4 is 11.5 Å². The quantitative estimate of drug-likeness (QED) is 0.718. The van der Waals surface area contributed by atoms with Crippen molar-refractivity contribution in [3.63, 3.8) is 0 Å². The number of rotatable bonds is 5. The number of pyridine rings is 1. The number of carbonyl (C=O) groups is 2. The average molecular weight is 236 g/mol. The topological polar surface area (TPSA) is 102 Å². The molecule has 0 saturated carbocycles. The van der Waals surface area contributed by atoms with Crippen LogP contribution in [0.3, 0.4) is 0 Å². The lowest BCUT2D eigenvalue weighted by Crippen LogP contribution is -2.38. The Kier molecular flexibility index (Phi) is 4.59. The molecule has 0 fully saturated rings. The van der Waals surface area contributed by atoms with Crippen LogP contribution in [0, 0.1) is 0 Å². The molecule has 17 heavy (non-hydrogen) atoms. The lowest BCUT2D eigenvalue weighted by Gasteiger charge is -2.19. The van der Waals surface area contributed by atoms with Gasteiger partial charge in [0.15, 0.2) is 0 Å². The molecule has 0 bridgehead atoms. The van der Waals surface area contributed by atoms with E-state index in [1.54, 1.807) is 19.1 Å². The predicted molar refractivity (Wildman–Crippen MR) is 62.9 cm³/mol. The molecular formula is C11H16N4O2. The fourth-order valence-electron chi connectivity index (χ4n) is 1.42. The van der Waals surface area contributed by atoms with Crippen molar-refractivity contribution in [2.45, 2.75) is 13.5 Å². The van der Waals surface area contributed by atoms with Crippen LogP contribution in [0.25, 0.3) is 0 Å². The average Bonchev–Trinajstić information content (AvgIpc) is 2.35. The van der Waals surface area contributed by atoms with Gasteiger partial charge in [-0.05, 0) is 19.1 Å². The molecular weight excluding hydrogens is 220 g/mol. The minimum Gasteiger partial charge on any atom is -0.368 e. The molecule has 0 aliphatic carbocycles. The summed E-state index contributed by atoms with van der Waals surface area (Å²) in [5.74, 6) is -0.781. The summed E-state index contributed by atoms with van der Waals surface area (Å²) in [6.45, 7) is 2.38. The molecule has 0 spiro atoms. The SMILES string of the molecule is CCN(CC(N)=O)C(=O)c1ccnc(CN)c1. The Morgan fingerprint density at radius 2 is 2.18 bits per heavy atom. The minimum atomic E-state index is -0.534. The van der Waals surface area contributed by atoms with Gasteiger partial charge in [-0.15, -0.1) is 0 Å². The number of likely N-dealkylation sites (N-methyl/N-ethyl adjacent to an activating group) is 1. The van der Waals surface area contributed by atoms with E-state index < -0.39 is 5.91 Å². The van der Waals surface area contributed by atoms with Crippen molar-refractivity contribution in [1.82, 2.24) is 9.88 Å². The second kappa shape index (κ2) is 5.95. The van der Waals surface area contributed by atoms with Gasteiger partial charge >= 0.3 is 0 Å². The van der Waals surface area contributed by atoms with Gasteiger partial charge in [0, 0.05) is 24.8 Å². The molecule has 1 aromatic heterocycles. The first-order valence-corrected chi connectivity index (χ1v) is 5.31. The third-order valence-electron chi connectivity index (χ3n) is 2.29. The third kappa shape index (κ3) is 3.53. The van der Waals surface area contributed by atoms with Gasteiger partial charge < -0.3 is 16.4 Å². The Bertz CT molecular complexity index is 420. The Labute approximate surface area is 99.6 Å². The van der Waals surface area contributed by atoms with Gasteiger partial charge in [-0.3, -0.25) is 14.6 Å². The highest BCUT2D eigenvalue weighted by atomic mass is 16.2. The van der Waals surface area contributed by atoms with Crippen LogP contribution in [0.2, 0.25) is 0 Å². The van der Waals surface area contributed by atoms with E-state index in [4.69, 9.17) is 11.5 Å². The smallest absolute Gasteiger partial charge is 0.254 e. The first-order chi connectivity index (χ1) is 8.08. The molecule has 0 radical (unpaired) electrons. The Hall–Kier alpha value is -1.95. The van der Waals surface area contributed by atoms with Crippen LogP contribution in [0.5, 0.6) is 0 Å². The van der Waals surface area contributed by atoms with E-state index in [1.807, 2.05) is 0 Å². The Morgan fingerprint density at radius 1 is 1.47 bits per heavy atom. The van der Waals surface area contributed by atoms with Crippen molar-refractivity contribution in [1.29, 1.82) is 0 Å². The zero-order valence-corrected chi connectivity index (χ0v) is 9.72. The number of primary amides is 1. The maximum Gasteiger partial charge on any atom is 0.254 e. The van der Waals surface area contributed by atoms with Crippen molar-refractivity contribution in [3.05, 3.63) is 29.6 Å². The number of hydrogen-bond acceptors (Lipinski definition) is 4. The van der Waals surface area contributed by atoms with E-state index in [9.17, 15) is 9.59 Å². The van der Waals surface area contributed by atoms with Crippen LogP contribution >= 0.6 is 0 Å². The molecule has 0 atom stereocenters. The van der Waals surface area contributed by atoms with Crippen molar-refractivity contribution in [2.75, 3.05) is 13.1 Å². The molecule has 1 aromatic rings. The normalized spacial score (nSPS) is 10.0. The van der Waals surface area contributed by atoms with Gasteiger partial charge in [0.1, 0.15) is 0 Å². The molecule has 0 aliphatic rings. The molecule has 4 N–H and O–H groups in total. The summed E-state index contributed by atoms with van der Waals surface area (Å²) in [6.07, 6.45) is 1.52. The maximum absolute atomic E-state index is 12.0. The number of hydrogen-bond donors (Lipinski definition) is 2. The minimum absolute atomic E-state index is 0.0877. The summed E-state index contributed by atoms with van der Waals surface area (Å²) in [7, 11) is 0. The highest BCUT2D eigenvalue weighted by molar-refractivity contribution is 5.96. The largest absolute Gasteiger partial charge is 0.368 e. The van der Waals surface area contributed by atoms with Gasteiger partial charge in [0.05, 0.1) is 12.2 Å². The van der Waals surface area contributed by atoms with Crippen LogP contribution in [-0.4, -0.2) is 34.8 Å². The van der Waals surface area contributed by atoms with E-state index in [2.05, 4.69) is 4.98 Å². The number of nitrogens with zero attached hydrogens (tertiary/aromatic N) is 2. The molecule has 0 unspecified atom stereocenters. The molecule has 2 amide bonds. The molecule has 0 aromatic carbocycles. The van der Waals surface area contributed by atoms with Crippen LogP contribution in [0.4, 0.5) is 0 Å². The van der Waals surface area contributed by atoms with Crippen LogP contribution in [-0.2, 0) is 11.3 Å². The van der Waals surface area contributed by atoms with Crippen molar-refractivity contribution >= 4 is 11.8 Å². The van der Waals surface area contributed by atoms with Crippen molar-refractivity contribution in [3.8, 4) is 0 Å². The molecule has 1 heterocycles.